The Bertz CT molecular complexity index is 391. The Morgan fingerprint density at radius 3 is 2.44 bits per heavy atom. The third kappa shape index (κ3) is 2.83. The Morgan fingerprint density at radius 1 is 1.69 bits per heavy atom. The number of carbonyl (C=O) groups is 2. The highest BCUT2D eigenvalue weighted by atomic mass is 32.2. The second-order valence-electron chi connectivity index (χ2n) is 3.06. The SMILES string of the molecule is C=CS(=O)(=O)C(CSC)C(N)(C=O)C(=O)O. The second-order valence-corrected chi connectivity index (χ2v) is 6.05. The molecule has 2 atom stereocenters. The molecule has 0 aromatic heterocycles. The van der Waals surface area contributed by atoms with Gasteiger partial charge >= 0.3 is 5.97 Å². The minimum Gasteiger partial charge on any atom is -0.480 e. The summed E-state index contributed by atoms with van der Waals surface area (Å²) in [5.41, 5.74) is 2.88. The molecule has 0 spiro atoms. The van der Waals surface area contributed by atoms with E-state index in [9.17, 15) is 18.0 Å². The summed E-state index contributed by atoms with van der Waals surface area (Å²) in [6.45, 7) is 3.08. The van der Waals surface area contributed by atoms with E-state index in [1.54, 1.807) is 6.26 Å². The van der Waals surface area contributed by atoms with E-state index in [1.807, 2.05) is 0 Å². The van der Waals surface area contributed by atoms with Crippen molar-refractivity contribution >= 4 is 33.9 Å². The summed E-state index contributed by atoms with van der Waals surface area (Å²) in [7, 11) is -3.93. The van der Waals surface area contributed by atoms with Gasteiger partial charge in [-0.3, -0.25) is 0 Å². The van der Waals surface area contributed by atoms with Gasteiger partial charge in [0, 0.05) is 11.2 Å². The number of carbonyl (C=O) groups excluding carboxylic acids is 1. The minimum absolute atomic E-state index is 0.0583. The van der Waals surface area contributed by atoms with E-state index in [1.165, 1.54) is 0 Å². The molecule has 0 heterocycles. The first-order chi connectivity index (χ1) is 7.26. The summed E-state index contributed by atoms with van der Waals surface area (Å²) in [5.74, 6) is -1.78. The third-order valence-electron chi connectivity index (χ3n) is 2.05. The maximum absolute atomic E-state index is 11.6. The number of hydrogen-bond donors (Lipinski definition) is 2. The number of hydrogen-bond acceptors (Lipinski definition) is 6. The molecule has 92 valence electrons. The summed E-state index contributed by atoms with van der Waals surface area (Å²) >= 11 is 1.08. The molecule has 0 saturated carbocycles. The number of carboxylic acids is 1. The van der Waals surface area contributed by atoms with Crippen LogP contribution in [-0.2, 0) is 19.4 Å². The molecule has 0 rings (SSSR count). The highest BCUT2D eigenvalue weighted by molar-refractivity contribution is 8.01. The topological polar surface area (TPSA) is 115 Å². The Morgan fingerprint density at radius 2 is 2.19 bits per heavy atom. The summed E-state index contributed by atoms with van der Waals surface area (Å²) in [6.07, 6.45) is 1.52. The van der Waals surface area contributed by atoms with E-state index in [-0.39, 0.29) is 12.0 Å². The number of carboxylic acid groups (broad SMARTS) is 1. The highest BCUT2D eigenvalue weighted by Crippen LogP contribution is 2.20. The predicted molar refractivity (Wildman–Crippen MR) is 61.9 cm³/mol. The van der Waals surface area contributed by atoms with Gasteiger partial charge in [0.2, 0.25) is 0 Å². The van der Waals surface area contributed by atoms with Gasteiger partial charge in [-0.1, -0.05) is 6.58 Å². The van der Waals surface area contributed by atoms with Crippen molar-refractivity contribution in [3.8, 4) is 0 Å². The number of aliphatic carboxylic acids is 1. The van der Waals surface area contributed by atoms with E-state index in [0.717, 1.165) is 11.8 Å². The molecular weight excluding hydrogens is 254 g/mol. The number of rotatable bonds is 7. The molecule has 0 bridgehead atoms. The Balaban J connectivity index is 5.60. The average molecular weight is 267 g/mol. The van der Waals surface area contributed by atoms with Gasteiger partial charge in [0.1, 0.15) is 5.25 Å². The Kier molecular flexibility index (Phi) is 5.17. The molecular formula is C8H13NO5S2. The van der Waals surface area contributed by atoms with Crippen molar-refractivity contribution in [2.45, 2.75) is 10.8 Å². The standard InChI is InChI=1S/C8H13NO5S2/c1-3-16(13,14)6(4-15-2)8(9,5-10)7(11)12/h3,5-6H,1,4,9H2,2H3,(H,11,12). The van der Waals surface area contributed by atoms with Gasteiger partial charge in [0.05, 0.1) is 0 Å². The largest absolute Gasteiger partial charge is 0.480 e. The maximum Gasteiger partial charge on any atom is 0.332 e. The molecule has 0 aliphatic heterocycles. The predicted octanol–water partition coefficient (Wildman–Crippen LogP) is -0.743. The Labute approximate surface area is 97.8 Å². The quantitative estimate of drug-likeness (QED) is 0.461. The fourth-order valence-corrected chi connectivity index (χ4v) is 3.71. The van der Waals surface area contributed by atoms with Gasteiger partial charge in [0.25, 0.3) is 0 Å². The van der Waals surface area contributed by atoms with E-state index >= 15 is 0 Å². The molecule has 0 amide bonds. The van der Waals surface area contributed by atoms with Crippen LogP contribution in [-0.4, -0.2) is 48.6 Å². The number of aldehydes is 1. The van der Waals surface area contributed by atoms with Crippen molar-refractivity contribution in [3.63, 3.8) is 0 Å². The van der Waals surface area contributed by atoms with Gasteiger partial charge in [-0.15, -0.1) is 0 Å². The van der Waals surface area contributed by atoms with E-state index < -0.39 is 26.6 Å². The van der Waals surface area contributed by atoms with E-state index in [2.05, 4.69) is 6.58 Å². The van der Waals surface area contributed by atoms with Gasteiger partial charge < -0.3 is 15.6 Å². The van der Waals surface area contributed by atoms with Crippen LogP contribution in [0.4, 0.5) is 0 Å². The van der Waals surface area contributed by atoms with Crippen LogP contribution >= 0.6 is 11.8 Å². The third-order valence-corrected chi connectivity index (χ3v) is 4.74. The van der Waals surface area contributed by atoms with Crippen LogP contribution in [0.1, 0.15) is 0 Å². The summed E-state index contributed by atoms with van der Waals surface area (Å²) < 4.78 is 23.1. The first kappa shape index (κ1) is 15.1. The van der Waals surface area contributed by atoms with Crippen molar-refractivity contribution in [1.82, 2.24) is 0 Å². The molecule has 16 heavy (non-hydrogen) atoms. The van der Waals surface area contributed by atoms with Crippen LogP contribution < -0.4 is 5.73 Å². The van der Waals surface area contributed by atoms with Gasteiger partial charge in [-0.05, 0) is 6.26 Å². The van der Waals surface area contributed by atoms with Gasteiger partial charge in [0.15, 0.2) is 21.7 Å². The zero-order chi connectivity index (χ0) is 13.0. The van der Waals surface area contributed by atoms with Crippen LogP contribution in [0.2, 0.25) is 0 Å². The lowest BCUT2D eigenvalue weighted by atomic mass is 10.00. The van der Waals surface area contributed by atoms with Crippen LogP contribution in [0.15, 0.2) is 12.0 Å². The second kappa shape index (κ2) is 5.46. The van der Waals surface area contributed by atoms with Crippen molar-refractivity contribution in [3.05, 3.63) is 12.0 Å². The molecule has 6 nitrogen and oxygen atoms in total. The maximum atomic E-state index is 11.6. The van der Waals surface area contributed by atoms with Gasteiger partial charge in [-0.2, -0.15) is 11.8 Å². The number of thioether (sulfide) groups is 1. The highest BCUT2D eigenvalue weighted by Gasteiger charge is 2.48. The fraction of sp³-hybridized carbons (Fsp3) is 0.500. The molecule has 8 heteroatoms. The molecule has 0 fully saturated rings. The first-order valence-electron chi connectivity index (χ1n) is 4.10. The zero-order valence-electron chi connectivity index (χ0n) is 8.62. The monoisotopic (exact) mass is 267 g/mol. The Hall–Kier alpha value is -0.860. The molecule has 0 aliphatic carbocycles. The zero-order valence-corrected chi connectivity index (χ0v) is 10.3. The van der Waals surface area contributed by atoms with Crippen LogP contribution in [0.5, 0.6) is 0 Å². The minimum atomic E-state index is -3.93. The molecule has 0 saturated heterocycles. The molecule has 0 aliphatic rings. The van der Waals surface area contributed by atoms with Crippen LogP contribution in [0, 0.1) is 0 Å². The fourth-order valence-electron chi connectivity index (χ4n) is 1.04. The summed E-state index contributed by atoms with van der Waals surface area (Å²) in [6, 6.07) is 0. The lowest BCUT2D eigenvalue weighted by Crippen LogP contribution is -2.62. The molecule has 0 aromatic rings. The van der Waals surface area contributed by atoms with Crippen molar-refractivity contribution in [1.29, 1.82) is 0 Å². The lowest BCUT2D eigenvalue weighted by Gasteiger charge is -2.26. The smallest absolute Gasteiger partial charge is 0.332 e. The summed E-state index contributed by atoms with van der Waals surface area (Å²) in [4.78, 5) is 21.6. The van der Waals surface area contributed by atoms with Gasteiger partial charge in [-0.25, -0.2) is 13.2 Å². The number of nitrogens with two attached hydrogens (primary N) is 1. The molecule has 0 radical (unpaired) electrons. The van der Waals surface area contributed by atoms with Crippen LogP contribution in [0.3, 0.4) is 0 Å². The first-order valence-corrected chi connectivity index (χ1v) is 7.10. The normalized spacial score (nSPS) is 17.1. The summed E-state index contributed by atoms with van der Waals surface area (Å²) in [5, 5.41) is 7.91. The van der Waals surface area contributed by atoms with E-state index in [4.69, 9.17) is 10.8 Å². The molecule has 2 unspecified atom stereocenters. The molecule has 3 N–H and O–H groups in total. The van der Waals surface area contributed by atoms with Crippen molar-refractivity contribution in [2.75, 3.05) is 12.0 Å². The number of sulfone groups is 1. The van der Waals surface area contributed by atoms with Crippen LogP contribution in [0.25, 0.3) is 0 Å². The lowest BCUT2D eigenvalue weighted by molar-refractivity contribution is -0.145. The van der Waals surface area contributed by atoms with Crippen molar-refractivity contribution < 1.29 is 23.1 Å². The van der Waals surface area contributed by atoms with E-state index in [0.29, 0.717) is 5.41 Å². The average Bonchev–Trinajstić information content (AvgIpc) is 2.24. The van der Waals surface area contributed by atoms with Crippen molar-refractivity contribution in [2.24, 2.45) is 5.73 Å². The molecule has 0 aromatic carbocycles.